The van der Waals surface area contributed by atoms with Crippen molar-refractivity contribution in [3.63, 3.8) is 0 Å². The summed E-state index contributed by atoms with van der Waals surface area (Å²) >= 11 is 0. The normalized spacial score (nSPS) is 27.6. The fourth-order valence-corrected chi connectivity index (χ4v) is 6.02. The monoisotopic (exact) mass is 362 g/mol. The molecule has 3 heteroatoms. The smallest absolute Gasteiger partial charge is 0.152 e. The highest BCUT2D eigenvalue weighted by Gasteiger charge is 2.65. The fourth-order valence-electron chi connectivity index (χ4n) is 6.02. The lowest BCUT2D eigenvalue weighted by molar-refractivity contribution is 0.0658. The molecule has 3 nitrogen and oxygen atoms in total. The van der Waals surface area contributed by atoms with Crippen molar-refractivity contribution in [1.82, 2.24) is 4.57 Å². The van der Waals surface area contributed by atoms with Crippen molar-refractivity contribution in [3.8, 4) is 0 Å². The SMILES string of the molecule is Cc1cccc2c1N1C(C)c3oc4ccn(C)c4c3C1(C)C(C)(C)C2(C)C. The maximum Gasteiger partial charge on any atom is 0.152 e. The standard InChI is InChI=1S/C24H30N2O/c1-14-10-9-11-16-19(14)26-15(2)21-18(20-17(27-21)12-13-25(20)8)24(26,7)23(5,6)22(16,3)4/h9-13,15H,1-8H3. The van der Waals surface area contributed by atoms with Crippen LogP contribution in [0.4, 0.5) is 5.69 Å². The van der Waals surface area contributed by atoms with Gasteiger partial charge in [0.15, 0.2) is 5.58 Å². The van der Waals surface area contributed by atoms with Gasteiger partial charge in [0.2, 0.25) is 0 Å². The van der Waals surface area contributed by atoms with Gasteiger partial charge in [-0.1, -0.05) is 45.9 Å². The van der Waals surface area contributed by atoms with Crippen molar-refractivity contribution in [2.24, 2.45) is 12.5 Å². The maximum absolute atomic E-state index is 6.45. The molecule has 0 amide bonds. The van der Waals surface area contributed by atoms with E-state index in [1.54, 1.807) is 0 Å². The van der Waals surface area contributed by atoms with Gasteiger partial charge in [-0.05, 0) is 43.4 Å². The number of hydrogen-bond acceptors (Lipinski definition) is 2. The lowest BCUT2D eigenvalue weighted by Gasteiger charge is -2.62. The van der Waals surface area contributed by atoms with E-state index in [1.807, 2.05) is 0 Å². The van der Waals surface area contributed by atoms with Crippen LogP contribution in [0.1, 0.15) is 70.0 Å². The zero-order valence-electron chi connectivity index (χ0n) is 17.8. The van der Waals surface area contributed by atoms with Crippen molar-refractivity contribution in [2.45, 2.75) is 65.5 Å². The van der Waals surface area contributed by atoms with E-state index in [4.69, 9.17) is 4.42 Å². The van der Waals surface area contributed by atoms with Crippen LogP contribution in [-0.4, -0.2) is 4.57 Å². The molecule has 2 unspecified atom stereocenters. The van der Waals surface area contributed by atoms with E-state index in [0.717, 1.165) is 11.3 Å². The summed E-state index contributed by atoms with van der Waals surface area (Å²) in [6, 6.07) is 9.11. The van der Waals surface area contributed by atoms with Crippen molar-refractivity contribution in [3.05, 3.63) is 52.9 Å². The summed E-state index contributed by atoms with van der Waals surface area (Å²) in [7, 11) is 2.13. The Morgan fingerprint density at radius 3 is 2.44 bits per heavy atom. The molecule has 1 aromatic carbocycles. The van der Waals surface area contributed by atoms with Gasteiger partial charge in [0.25, 0.3) is 0 Å². The highest BCUT2D eigenvalue weighted by Crippen LogP contribution is 2.68. The lowest BCUT2D eigenvalue weighted by Crippen LogP contribution is -2.62. The summed E-state index contributed by atoms with van der Waals surface area (Å²) in [6.07, 6.45) is 2.12. The van der Waals surface area contributed by atoms with Gasteiger partial charge in [0, 0.05) is 29.9 Å². The molecule has 0 saturated carbocycles. The minimum Gasteiger partial charge on any atom is -0.457 e. The fraction of sp³-hybridized carbons (Fsp3) is 0.500. The second-order valence-electron chi connectivity index (χ2n) is 9.82. The number of rotatable bonds is 0. The topological polar surface area (TPSA) is 21.3 Å². The lowest BCUT2D eigenvalue weighted by atomic mass is 9.51. The van der Waals surface area contributed by atoms with Crippen LogP contribution in [0.25, 0.3) is 11.1 Å². The van der Waals surface area contributed by atoms with E-state index >= 15 is 0 Å². The van der Waals surface area contributed by atoms with Crippen LogP contribution in [0.15, 0.2) is 34.9 Å². The molecule has 2 atom stereocenters. The quantitative estimate of drug-likeness (QED) is 0.475. The molecule has 4 heterocycles. The molecule has 5 rings (SSSR count). The molecule has 0 saturated heterocycles. The highest BCUT2D eigenvalue weighted by molar-refractivity contribution is 5.86. The van der Waals surface area contributed by atoms with Crippen molar-refractivity contribution < 1.29 is 4.42 Å². The van der Waals surface area contributed by atoms with Gasteiger partial charge in [0.1, 0.15) is 5.76 Å². The molecule has 2 aliphatic rings. The van der Waals surface area contributed by atoms with Gasteiger partial charge in [-0.3, -0.25) is 0 Å². The van der Waals surface area contributed by atoms with Crippen LogP contribution in [0, 0.1) is 12.3 Å². The highest BCUT2D eigenvalue weighted by atomic mass is 16.3. The molecular weight excluding hydrogens is 332 g/mol. The van der Waals surface area contributed by atoms with Crippen LogP contribution in [0.2, 0.25) is 0 Å². The predicted octanol–water partition coefficient (Wildman–Crippen LogP) is 6.19. The van der Waals surface area contributed by atoms with E-state index in [-0.39, 0.29) is 22.4 Å². The van der Waals surface area contributed by atoms with Crippen LogP contribution in [-0.2, 0) is 18.0 Å². The van der Waals surface area contributed by atoms with E-state index < -0.39 is 0 Å². The first kappa shape index (κ1) is 17.0. The molecule has 0 bridgehead atoms. The Balaban J connectivity index is 1.96. The van der Waals surface area contributed by atoms with Gasteiger partial charge in [-0.25, -0.2) is 0 Å². The third-order valence-corrected chi connectivity index (χ3v) is 8.41. The minimum atomic E-state index is -0.151. The Morgan fingerprint density at radius 2 is 1.74 bits per heavy atom. The predicted molar refractivity (Wildman–Crippen MR) is 111 cm³/mol. The zero-order valence-corrected chi connectivity index (χ0v) is 17.8. The molecule has 0 radical (unpaired) electrons. The third kappa shape index (κ3) is 1.58. The Kier molecular flexibility index (Phi) is 2.91. The van der Waals surface area contributed by atoms with E-state index in [0.29, 0.717) is 0 Å². The Morgan fingerprint density at radius 1 is 1.04 bits per heavy atom. The second-order valence-corrected chi connectivity index (χ2v) is 9.82. The van der Waals surface area contributed by atoms with Crippen molar-refractivity contribution in [1.29, 1.82) is 0 Å². The zero-order chi connectivity index (χ0) is 19.5. The van der Waals surface area contributed by atoms with Crippen LogP contribution >= 0.6 is 0 Å². The molecule has 2 aliphatic heterocycles. The van der Waals surface area contributed by atoms with Crippen LogP contribution in [0.5, 0.6) is 0 Å². The van der Waals surface area contributed by atoms with Gasteiger partial charge in [-0.15, -0.1) is 0 Å². The summed E-state index contributed by atoms with van der Waals surface area (Å²) in [5.74, 6) is 1.14. The average molecular weight is 363 g/mol. The van der Waals surface area contributed by atoms with Gasteiger partial charge >= 0.3 is 0 Å². The van der Waals surface area contributed by atoms with Gasteiger partial charge in [-0.2, -0.15) is 0 Å². The number of furan rings is 1. The molecule has 3 aromatic rings. The number of benzene rings is 1. The number of aromatic nitrogens is 1. The van der Waals surface area contributed by atoms with Crippen molar-refractivity contribution >= 4 is 16.8 Å². The summed E-state index contributed by atoms with van der Waals surface area (Å²) < 4.78 is 8.69. The molecule has 2 aromatic heterocycles. The van der Waals surface area contributed by atoms with Gasteiger partial charge in [0.05, 0.1) is 17.1 Å². The van der Waals surface area contributed by atoms with E-state index in [9.17, 15) is 0 Å². The Labute approximate surface area is 162 Å². The summed E-state index contributed by atoms with van der Waals surface area (Å²) in [5.41, 5.74) is 7.71. The number of fused-ring (bicyclic) bond motifs is 7. The minimum absolute atomic E-state index is 0.00137. The molecule has 142 valence electrons. The number of anilines is 1. The maximum atomic E-state index is 6.45. The number of para-hydroxylation sites is 1. The molecule has 0 N–H and O–H groups in total. The first-order valence-electron chi connectivity index (χ1n) is 10.0. The van der Waals surface area contributed by atoms with Crippen LogP contribution in [0.3, 0.4) is 0 Å². The largest absolute Gasteiger partial charge is 0.457 e. The number of hydrogen-bond donors (Lipinski definition) is 0. The first-order valence-corrected chi connectivity index (χ1v) is 10.0. The van der Waals surface area contributed by atoms with E-state index in [1.165, 1.54) is 27.9 Å². The number of nitrogens with zero attached hydrogens (tertiary/aromatic N) is 2. The second kappa shape index (κ2) is 4.63. The summed E-state index contributed by atoms with van der Waals surface area (Å²) in [6.45, 7) is 16.7. The molecule has 0 aliphatic carbocycles. The van der Waals surface area contributed by atoms with Gasteiger partial charge < -0.3 is 13.9 Å². The Hall–Kier alpha value is -2.16. The molecule has 0 spiro atoms. The Bertz CT molecular complexity index is 1100. The summed E-state index contributed by atoms with van der Waals surface area (Å²) in [4.78, 5) is 2.66. The third-order valence-electron chi connectivity index (χ3n) is 8.41. The first-order chi connectivity index (χ1) is 12.5. The average Bonchev–Trinajstić information content (AvgIpc) is 3.20. The molecule has 0 fully saturated rings. The van der Waals surface area contributed by atoms with E-state index in [2.05, 4.69) is 95.4 Å². The van der Waals surface area contributed by atoms with Crippen LogP contribution < -0.4 is 4.90 Å². The number of aryl methyl sites for hydroxylation is 2. The summed E-state index contributed by atoms with van der Waals surface area (Å²) in [5, 5.41) is 0. The molecular formula is C24H30N2O. The molecule has 27 heavy (non-hydrogen) atoms. The van der Waals surface area contributed by atoms with Crippen molar-refractivity contribution in [2.75, 3.05) is 4.90 Å².